The van der Waals surface area contributed by atoms with Crippen molar-refractivity contribution in [3.8, 4) is 0 Å². The minimum atomic E-state index is -3.65. The Labute approximate surface area is 207 Å². The number of nitrogens with zero attached hydrogens (tertiary/aromatic N) is 2. The first kappa shape index (κ1) is 23.3. The maximum absolute atomic E-state index is 13.4. The molecular weight excluding hydrogens is 494 g/mol. The van der Waals surface area contributed by atoms with Crippen LogP contribution in [-0.2, 0) is 19.4 Å². The van der Waals surface area contributed by atoms with Gasteiger partial charge in [-0.1, -0.05) is 41.1 Å². The van der Waals surface area contributed by atoms with E-state index in [1.165, 1.54) is 17.5 Å². The van der Waals surface area contributed by atoms with Gasteiger partial charge in [0.1, 0.15) is 4.34 Å². The van der Waals surface area contributed by atoms with Crippen LogP contribution in [0, 0.1) is 5.92 Å². The second kappa shape index (κ2) is 9.30. The minimum Gasteiger partial charge on any atom is -0.381 e. The summed E-state index contributed by atoms with van der Waals surface area (Å²) in [5.41, 5.74) is 1.96. The molecule has 2 aromatic carbocycles. The van der Waals surface area contributed by atoms with E-state index >= 15 is 0 Å². The largest absolute Gasteiger partial charge is 0.381 e. The van der Waals surface area contributed by atoms with Crippen LogP contribution in [0.5, 0.6) is 0 Å². The highest BCUT2D eigenvalue weighted by Gasteiger charge is 2.34. The summed E-state index contributed by atoms with van der Waals surface area (Å²) in [6.45, 7) is 1.37. The van der Waals surface area contributed by atoms with Crippen molar-refractivity contribution in [3.63, 3.8) is 0 Å². The number of sulfone groups is 1. The molecule has 3 heterocycles. The van der Waals surface area contributed by atoms with Gasteiger partial charge in [0.05, 0.1) is 33.3 Å². The first-order valence-corrected chi connectivity index (χ1v) is 13.7. The fraction of sp³-hybridized carbons (Fsp3) is 0.333. The van der Waals surface area contributed by atoms with Crippen LogP contribution in [0.1, 0.15) is 30.7 Å². The third-order valence-corrected chi connectivity index (χ3v) is 9.37. The maximum Gasteiger partial charge on any atom is 0.233 e. The van der Waals surface area contributed by atoms with Gasteiger partial charge in [-0.2, -0.15) is 0 Å². The average molecular weight is 518 g/mol. The Morgan fingerprint density at radius 2 is 1.94 bits per heavy atom. The summed E-state index contributed by atoms with van der Waals surface area (Å²) in [4.78, 5) is 20.0. The van der Waals surface area contributed by atoms with E-state index in [-0.39, 0.29) is 15.7 Å². The Kier molecular flexibility index (Phi) is 6.37. The molecule has 1 N–H and O–H groups in total. The van der Waals surface area contributed by atoms with Crippen molar-refractivity contribution in [1.29, 1.82) is 0 Å². The van der Waals surface area contributed by atoms with Gasteiger partial charge in [-0.25, -0.2) is 13.4 Å². The number of anilines is 3. The van der Waals surface area contributed by atoms with Gasteiger partial charge >= 0.3 is 0 Å². The predicted molar refractivity (Wildman–Crippen MR) is 133 cm³/mol. The van der Waals surface area contributed by atoms with Crippen molar-refractivity contribution in [3.05, 3.63) is 58.6 Å². The lowest BCUT2D eigenvalue weighted by molar-refractivity contribution is -0.118. The fourth-order valence-electron chi connectivity index (χ4n) is 4.66. The van der Waals surface area contributed by atoms with Crippen LogP contribution in [0.25, 0.3) is 0 Å². The number of para-hydroxylation sites is 1. The van der Waals surface area contributed by atoms with Crippen molar-refractivity contribution >= 4 is 55.2 Å². The molecule has 1 fully saturated rings. The molecule has 0 radical (unpaired) electrons. The van der Waals surface area contributed by atoms with Gasteiger partial charge in [-0.15, -0.1) is 0 Å². The van der Waals surface area contributed by atoms with Crippen LogP contribution in [0.2, 0.25) is 4.34 Å². The van der Waals surface area contributed by atoms with Gasteiger partial charge in [0.15, 0.2) is 5.13 Å². The smallest absolute Gasteiger partial charge is 0.233 e. The SMILES string of the molecule is CN1c2ccccc2S(=O)(=O)c2ccc(C(CC3CCOCC3)C(=O)Nc3ncc(Cl)s3)cc21. The molecule has 1 unspecified atom stereocenters. The standard InChI is InChI=1S/C24H24ClN3O4S2/c1-28-18-4-2-3-5-20(18)34(30,31)21-7-6-16(13-19(21)28)17(12-15-8-10-32-11-9-15)23(29)27-24-26-14-22(25)33-24/h2-7,13-15,17H,8-12H2,1H3,(H,26,27,29). The number of hydrogen-bond acceptors (Lipinski definition) is 7. The van der Waals surface area contributed by atoms with Gasteiger partial charge in [-0.05, 0) is 55.0 Å². The highest BCUT2D eigenvalue weighted by Crippen LogP contribution is 2.44. The van der Waals surface area contributed by atoms with Gasteiger partial charge in [-0.3, -0.25) is 4.79 Å². The zero-order valence-corrected chi connectivity index (χ0v) is 20.9. The molecule has 1 saturated heterocycles. The normalized spacial score (nSPS) is 18.1. The lowest BCUT2D eigenvalue weighted by atomic mass is 9.84. The molecule has 1 amide bonds. The summed E-state index contributed by atoms with van der Waals surface area (Å²) in [5, 5.41) is 3.34. The monoisotopic (exact) mass is 517 g/mol. The summed E-state index contributed by atoms with van der Waals surface area (Å²) in [6, 6.07) is 12.2. The number of amides is 1. The lowest BCUT2D eigenvalue weighted by Gasteiger charge is -2.31. The van der Waals surface area contributed by atoms with Crippen molar-refractivity contribution < 1.29 is 17.9 Å². The Hall–Kier alpha value is -2.46. The highest BCUT2D eigenvalue weighted by atomic mass is 35.5. The summed E-state index contributed by atoms with van der Waals surface area (Å²) in [5.74, 6) is -0.314. The van der Waals surface area contributed by atoms with Gasteiger partial charge in [0, 0.05) is 20.3 Å². The van der Waals surface area contributed by atoms with E-state index in [4.69, 9.17) is 16.3 Å². The number of halogens is 1. The van der Waals surface area contributed by atoms with E-state index in [1.807, 2.05) is 24.1 Å². The molecule has 178 valence electrons. The molecule has 2 aliphatic rings. The van der Waals surface area contributed by atoms with Crippen molar-refractivity contribution in [2.45, 2.75) is 35.0 Å². The lowest BCUT2D eigenvalue weighted by Crippen LogP contribution is -2.27. The number of rotatable bonds is 5. The molecule has 2 aliphatic heterocycles. The van der Waals surface area contributed by atoms with E-state index in [2.05, 4.69) is 10.3 Å². The number of carbonyl (C=O) groups excluding carboxylic acids is 1. The Morgan fingerprint density at radius 3 is 2.68 bits per heavy atom. The van der Waals surface area contributed by atoms with Gasteiger partial charge in [0.2, 0.25) is 15.7 Å². The molecule has 10 heteroatoms. The molecular formula is C24H24ClN3O4S2. The first-order chi connectivity index (χ1) is 16.3. The zero-order chi connectivity index (χ0) is 23.9. The Balaban J connectivity index is 1.53. The van der Waals surface area contributed by atoms with Crippen LogP contribution in [0.3, 0.4) is 0 Å². The van der Waals surface area contributed by atoms with E-state index in [0.29, 0.717) is 46.4 Å². The molecule has 1 aromatic heterocycles. The fourth-order valence-corrected chi connectivity index (χ4v) is 7.17. The van der Waals surface area contributed by atoms with Gasteiger partial charge in [0.25, 0.3) is 0 Å². The van der Waals surface area contributed by atoms with E-state index in [9.17, 15) is 13.2 Å². The summed E-state index contributed by atoms with van der Waals surface area (Å²) in [6.07, 6.45) is 3.92. The van der Waals surface area contributed by atoms with Crippen LogP contribution in [0.15, 0.2) is 58.5 Å². The number of carbonyl (C=O) groups is 1. The highest BCUT2D eigenvalue weighted by molar-refractivity contribution is 7.92. The third kappa shape index (κ3) is 4.33. The third-order valence-electron chi connectivity index (χ3n) is 6.49. The van der Waals surface area contributed by atoms with Crippen molar-refractivity contribution in [1.82, 2.24) is 4.98 Å². The van der Waals surface area contributed by atoms with Crippen LogP contribution >= 0.6 is 22.9 Å². The number of fused-ring (bicyclic) bond motifs is 2. The van der Waals surface area contributed by atoms with Gasteiger partial charge < -0.3 is 15.0 Å². The predicted octanol–water partition coefficient (Wildman–Crippen LogP) is 5.25. The van der Waals surface area contributed by atoms with Crippen molar-refractivity contribution in [2.24, 2.45) is 5.92 Å². The number of nitrogens with one attached hydrogen (secondary N) is 1. The van der Waals surface area contributed by atoms with E-state index in [1.54, 1.807) is 30.3 Å². The molecule has 7 nitrogen and oxygen atoms in total. The molecule has 0 saturated carbocycles. The maximum atomic E-state index is 13.4. The molecule has 5 rings (SSSR count). The quantitative estimate of drug-likeness (QED) is 0.497. The average Bonchev–Trinajstić information content (AvgIpc) is 3.26. The second-order valence-electron chi connectivity index (χ2n) is 8.56. The summed E-state index contributed by atoms with van der Waals surface area (Å²) >= 11 is 7.19. The molecule has 0 bridgehead atoms. The van der Waals surface area contributed by atoms with Crippen LogP contribution in [0.4, 0.5) is 16.5 Å². The van der Waals surface area contributed by atoms with E-state index in [0.717, 1.165) is 18.4 Å². The topological polar surface area (TPSA) is 88.6 Å². The number of hydrogen-bond donors (Lipinski definition) is 1. The zero-order valence-electron chi connectivity index (χ0n) is 18.5. The molecule has 0 aliphatic carbocycles. The van der Waals surface area contributed by atoms with E-state index < -0.39 is 15.8 Å². The Morgan fingerprint density at radius 1 is 1.21 bits per heavy atom. The number of aromatic nitrogens is 1. The summed E-state index contributed by atoms with van der Waals surface area (Å²) in [7, 11) is -1.80. The Bertz CT molecular complexity index is 1340. The number of benzene rings is 2. The molecule has 3 aromatic rings. The minimum absolute atomic E-state index is 0.181. The number of thiazole rings is 1. The number of ether oxygens (including phenoxy) is 1. The summed E-state index contributed by atoms with van der Waals surface area (Å²) < 4.78 is 32.5. The molecule has 1 atom stereocenters. The van der Waals surface area contributed by atoms with Crippen molar-refractivity contribution in [2.75, 3.05) is 30.5 Å². The van der Waals surface area contributed by atoms with Crippen LogP contribution in [-0.4, -0.2) is 39.6 Å². The molecule has 0 spiro atoms. The second-order valence-corrected chi connectivity index (χ2v) is 12.1. The molecule has 34 heavy (non-hydrogen) atoms. The first-order valence-electron chi connectivity index (χ1n) is 11.1. The van der Waals surface area contributed by atoms with Crippen LogP contribution < -0.4 is 10.2 Å².